The molecule has 2 rings (SSSR count). The van der Waals surface area contributed by atoms with Crippen LogP contribution in [0.5, 0.6) is 0 Å². The highest BCUT2D eigenvalue weighted by Gasteiger charge is 2.25. The van der Waals surface area contributed by atoms with Crippen molar-refractivity contribution < 1.29 is 18.8 Å². The van der Waals surface area contributed by atoms with E-state index in [2.05, 4.69) is 10.5 Å². The summed E-state index contributed by atoms with van der Waals surface area (Å²) in [6.07, 6.45) is 1.14. The van der Waals surface area contributed by atoms with Gasteiger partial charge in [-0.2, -0.15) is 0 Å². The van der Waals surface area contributed by atoms with Gasteiger partial charge in [0.05, 0.1) is 0 Å². The Labute approximate surface area is 128 Å². The van der Waals surface area contributed by atoms with E-state index < -0.39 is 5.54 Å². The third-order valence-electron chi connectivity index (χ3n) is 3.73. The molecule has 1 amide bonds. The lowest BCUT2D eigenvalue weighted by Crippen LogP contribution is -2.46. The first-order valence-electron chi connectivity index (χ1n) is 7.13. The molecule has 1 atom stereocenters. The Morgan fingerprint density at radius 1 is 1.41 bits per heavy atom. The van der Waals surface area contributed by atoms with Gasteiger partial charge in [0.15, 0.2) is 11.5 Å². The Bertz CT molecular complexity index is 639. The van der Waals surface area contributed by atoms with Crippen LogP contribution in [0.3, 0.4) is 0 Å². The van der Waals surface area contributed by atoms with Crippen molar-refractivity contribution >= 4 is 5.91 Å². The maximum atomic E-state index is 12.9. The van der Waals surface area contributed by atoms with E-state index in [-0.39, 0.29) is 24.0 Å². The van der Waals surface area contributed by atoms with Crippen molar-refractivity contribution in [3.05, 3.63) is 41.8 Å². The van der Waals surface area contributed by atoms with Crippen molar-refractivity contribution in [1.29, 1.82) is 0 Å². The molecule has 0 fully saturated rings. The maximum Gasteiger partial charge on any atom is 0.273 e. The summed E-state index contributed by atoms with van der Waals surface area (Å²) in [5.41, 5.74) is 0.291. The molecule has 22 heavy (non-hydrogen) atoms. The number of hydrogen-bond donors (Lipinski definition) is 2. The summed E-state index contributed by atoms with van der Waals surface area (Å²) in [5, 5.41) is 15.7. The number of halogens is 1. The van der Waals surface area contributed by atoms with E-state index in [0.29, 0.717) is 24.2 Å². The zero-order valence-electron chi connectivity index (χ0n) is 12.6. The number of amides is 1. The molecule has 0 saturated carbocycles. The van der Waals surface area contributed by atoms with Crippen LogP contribution in [-0.4, -0.2) is 28.3 Å². The third kappa shape index (κ3) is 3.71. The summed E-state index contributed by atoms with van der Waals surface area (Å²) in [4.78, 5) is 12.2. The zero-order valence-corrected chi connectivity index (χ0v) is 12.6. The number of aromatic nitrogens is 1. The summed E-state index contributed by atoms with van der Waals surface area (Å²) < 4.78 is 18.0. The molecule has 6 heteroatoms. The van der Waals surface area contributed by atoms with Crippen molar-refractivity contribution in [1.82, 2.24) is 10.5 Å². The van der Waals surface area contributed by atoms with Gasteiger partial charge in [-0.3, -0.25) is 4.79 Å². The molecular weight excluding hydrogens is 287 g/mol. The molecule has 0 radical (unpaired) electrons. The number of rotatable bonds is 6. The predicted molar refractivity (Wildman–Crippen MR) is 79.8 cm³/mol. The average Bonchev–Trinajstić information content (AvgIpc) is 2.98. The van der Waals surface area contributed by atoms with Crippen molar-refractivity contribution in [2.45, 2.75) is 32.2 Å². The first-order valence-corrected chi connectivity index (χ1v) is 7.13. The summed E-state index contributed by atoms with van der Waals surface area (Å²) in [5.74, 6) is -0.315. The van der Waals surface area contributed by atoms with Crippen LogP contribution in [-0.2, 0) is 0 Å². The molecule has 118 valence electrons. The van der Waals surface area contributed by atoms with Crippen LogP contribution in [0.4, 0.5) is 4.39 Å². The van der Waals surface area contributed by atoms with E-state index in [4.69, 9.17) is 9.63 Å². The van der Waals surface area contributed by atoms with Gasteiger partial charge >= 0.3 is 0 Å². The molecule has 0 spiro atoms. The fraction of sp³-hybridized carbons (Fsp3) is 0.375. The average molecular weight is 306 g/mol. The van der Waals surface area contributed by atoms with Gasteiger partial charge < -0.3 is 14.9 Å². The minimum Gasteiger partial charge on any atom is -0.396 e. The summed E-state index contributed by atoms with van der Waals surface area (Å²) in [7, 11) is 0. The molecule has 0 aliphatic carbocycles. The lowest BCUT2D eigenvalue weighted by molar-refractivity contribution is 0.0877. The minimum absolute atomic E-state index is 0.00966. The topological polar surface area (TPSA) is 75.4 Å². The van der Waals surface area contributed by atoms with Gasteiger partial charge in [-0.25, -0.2) is 4.39 Å². The van der Waals surface area contributed by atoms with E-state index in [1.54, 1.807) is 12.1 Å². The van der Waals surface area contributed by atoms with Crippen molar-refractivity contribution in [3.63, 3.8) is 0 Å². The van der Waals surface area contributed by atoms with Crippen molar-refractivity contribution in [3.8, 4) is 11.3 Å². The third-order valence-corrected chi connectivity index (χ3v) is 3.73. The first kappa shape index (κ1) is 16.2. The summed E-state index contributed by atoms with van der Waals surface area (Å²) in [6, 6.07) is 7.25. The fourth-order valence-electron chi connectivity index (χ4n) is 2.04. The molecule has 1 aromatic heterocycles. The zero-order chi connectivity index (χ0) is 16.2. The van der Waals surface area contributed by atoms with Crippen LogP contribution in [0, 0.1) is 5.82 Å². The monoisotopic (exact) mass is 306 g/mol. The largest absolute Gasteiger partial charge is 0.396 e. The minimum atomic E-state index is -0.499. The lowest BCUT2D eigenvalue weighted by atomic mass is 9.94. The molecule has 0 aliphatic heterocycles. The number of benzene rings is 1. The van der Waals surface area contributed by atoms with Crippen molar-refractivity contribution in [2.75, 3.05) is 6.61 Å². The standard InChI is InChI=1S/C16H19FN2O3/c1-3-16(2,8-9-20)18-15(21)13-10-14(22-19-13)11-4-6-12(17)7-5-11/h4-7,10,20H,3,8-9H2,1-2H3,(H,18,21). The van der Waals surface area contributed by atoms with Gasteiger partial charge in [0.25, 0.3) is 5.91 Å². The number of carbonyl (C=O) groups excluding carboxylic acids is 1. The highest BCUT2D eigenvalue weighted by Crippen LogP contribution is 2.21. The van der Waals surface area contributed by atoms with E-state index in [1.165, 1.54) is 18.2 Å². The fourth-order valence-corrected chi connectivity index (χ4v) is 2.04. The molecular formula is C16H19FN2O3. The van der Waals surface area contributed by atoms with Crippen LogP contribution < -0.4 is 5.32 Å². The number of hydrogen-bond acceptors (Lipinski definition) is 4. The van der Waals surface area contributed by atoms with Crippen molar-refractivity contribution in [2.24, 2.45) is 0 Å². The number of aliphatic hydroxyl groups is 1. The van der Waals surface area contributed by atoms with Gasteiger partial charge in [-0.15, -0.1) is 0 Å². The smallest absolute Gasteiger partial charge is 0.273 e. The molecule has 2 aromatic rings. The summed E-state index contributed by atoms with van der Waals surface area (Å²) in [6.45, 7) is 3.79. The van der Waals surface area contributed by atoms with Gasteiger partial charge in [-0.1, -0.05) is 12.1 Å². The normalized spacial score (nSPS) is 13.6. The summed E-state index contributed by atoms with van der Waals surface area (Å²) >= 11 is 0. The second kappa shape index (κ2) is 6.70. The number of nitrogens with one attached hydrogen (secondary N) is 1. The molecule has 1 unspecified atom stereocenters. The van der Waals surface area contributed by atoms with Crippen LogP contribution in [0.25, 0.3) is 11.3 Å². The second-order valence-corrected chi connectivity index (χ2v) is 5.43. The van der Waals surface area contributed by atoms with Crippen LogP contribution in [0.1, 0.15) is 37.2 Å². The number of carbonyl (C=O) groups is 1. The molecule has 2 N–H and O–H groups in total. The van der Waals surface area contributed by atoms with Crippen LogP contribution in [0.15, 0.2) is 34.9 Å². The maximum absolute atomic E-state index is 12.9. The first-order chi connectivity index (χ1) is 10.5. The van der Waals surface area contributed by atoms with E-state index >= 15 is 0 Å². The van der Waals surface area contributed by atoms with Gasteiger partial charge in [-0.05, 0) is 44.0 Å². The van der Waals surface area contributed by atoms with Crippen LogP contribution in [0.2, 0.25) is 0 Å². The molecule has 0 aliphatic rings. The van der Waals surface area contributed by atoms with Gasteiger partial charge in [0.2, 0.25) is 0 Å². The second-order valence-electron chi connectivity index (χ2n) is 5.43. The Kier molecular flexibility index (Phi) is 4.92. The molecule has 0 bridgehead atoms. The predicted octanol–water partition coefficient (Wildman–Crippen LogP) is 2.76. The number of nitrogens with zero attached hydrogens (tertiary/aromatic N) is 1. The molecule has 1 heterocycles. The molecule has 1 aromatic carbocycles. The Morgan fingerprint density at radius 2 is 2.09 bits per heavy atom. The molecule has 0 saturated heterocycles. The van der Waals surface area contributed by atoms with Gasteiger partial charge in [0.1, 0.15) is 5.82 Å². The highest BCUT2D eigenvalue weighted by molar-refractivity contribution is 5.93. The van der Waals surface area contributed by atoms with E-state index in [9.17, 15) is 9.18 Å². The SMILES string of the molecule is CCC(C)(CCO)NC(=O)c1cc(-c2ccc(F)cc2)on1. The molecule has 5 nitrogen and oxygen atoms in total. The Balaban J connectivity index is 2.13. The Morgan fingerprint density at radius 3 is 2.68 bits per heavy atom. The van der Waals surface area contributed by atoms with Gasteiger partial charge in [0, 0.05) is 23.8 Å². The Hall–Kier alpha value is -2.21. The number of aliphatic hydroxyl groups excluding tert-OH is 1. The van der Waals surface area contributed by atoms with Crippen LogP contribution >= 0.6 is 0 Å². The van der Waals surface area contributed by atoms with E-state index in [0.717, 1.165) is 0 Å². The van der Waals surface area contributed by atoms with E-state index in [1.807, 2.05) is 13.8 Å². The highest BCUT2D eigenvalue weighted by atomic mass is 19.1. The lowest BCUT2D eigenvalue weighted by Gasteiger charge is -2.28. The quantitative estimate of drug-likeness (QED) is 0.860.